The fourth-order valence-electron chi connectivity index (χ4n) is 2.66. The van der Waals surface area contributed by atoms with E-state index in [0.717, 1.165) is 13.0 Å². The number of rotatable bonds is 6. The van der Waals surface area contributed by atoms with E-state index < -0.39 is 5.97 Å². The van der Waals surface area contributed by atoms with Gasteiger partial charge in [-0.3, -0.25) is 4.79 Å². The number of carboxylic acid groups (broad SMARTS) is 1. The summed E-state index contributed by atoms with van der Waals surface area (Å²) in [4.78, 5) is 25.7. The van der Waals surface area contributed by atoms with Gasteiger partial charge in [-0.05, 0) is 24.5 Å². The first-order valence-electron chi connectivity index (χ1n) is 7.67. The number of carbonyl (C=O) groups is 2. The number of carboxylic acids is 1. The largest absolute Gasteiger partial charge is 0.481 e. The van der Waals surface area contributed by atoms with E-state index in [9.17, 15) is 14.0 Å². The van der Waals surface area contributed by atoms with Gasteiger partial charge in [-0.25, -0.2) is 9.18 Å². The van der Waals surface area contributed by atoms with Crippen LogP contribution < -0.4 is 10.2 Å². The van der Waals surface area contributed by atoms with Crippen LogP contribution in [0.5, 0.6) is 0 Å². The van der Waals surface area contributed by atoms with Gasteiger partial charge in [-0.15, -0.1) is 0 Å². The summed E-state index contributed by atoms with van der Waals surface area (Å²) in [6.45, 7) is 2.13. The van der Waals surface area contributed by atoms with Crippen LogP contribution >= 0.6 is 0 Å². The number of carbonyl (C=O) groups excluding carboxylic acids is 1. The zero-order chi connectivity index (χ0) is 16.8. The van der Waals surface area contributed by atoms with Gasteiger partial charge in [0.2, 0.25) is 0 Å². The van der Waals surface area contributed by atoms with E-state index >= 15 is 0 Å². The Kier molecular flexibility index (Phi) is 5.78. The lowest BCUT2D eigenvalue weighted by Crippen LogP contribution is -2.40. The van der Waals surface area contributed by atoms with Gasteiger partial charge in [-0.1, -0.05) is 12.1 Å². The zero-order valence-corrected chi connectivity index (χ0v) is 13.2. The van der Waals surface area contributed by atoms with Crippen molar-refractivity contribution >= 4 is 17.7 Å². The van der Waals surface area contributed by atoms with Crippen molar-refractivity contribution in [1.29, 1.82) is 0 Å². The van der Waals surface area contributed by atoms with E-state index in [2.05, 4.69) is 5.32 Å². The lowest BCUT2D eigenvalue weighted by atomic mass is 10.1. The highest BCUT2D eigenvalue weighted by molar-refractivity contribution is 5.75. The first-order valence-corrected chi connectivity index (χ1v) is 7.67. The van der Waals surface area contributed by atoms with Gasteiger partial charge in [0.1, 0.15) is 5.82 Å². The van der Waals surface area contributed by atoms with Crippen LogP contribution in [0.25, 0.3) is 0 Å². The molecule has 0 spiro atoms. The summed E-state index contributed by atoms with van der Waals surface area (Å²) in [6, 6.07) is 6.40. The summed E-state index contributed by atoms with van der Waals surface area (Å²) in [5.74, 6) is -0.905. The average Bonchev–Trinajstić information content (AvgIpc) is 2.99. The molecule has 1 heterocycles. The maximum atomic E-state index is 13.8. The zero-order valence-electron chi connectivity index (χ0n) is 13.2. The Morgan fingerprint density at radius 2 is 2.17 bits per heavy atom. The maximum Gasteiger partial charge on any atom is 0.317 e. The molecule has 0 saturated carbocycles. The molecule has 1 aliphatic heterocycles. The Balaban J connectivity index is 1.76. The molecule has 126 valence electrons. The molecule has 0 aromatic heterocycles. The van der Waals surface area contributed by atoms with Gasteiger partial charge in [0.15, 0.2) is 0 Å². The molecule has 0 bridgehead atoms. The predicted molar refractivity (Wildman–Crippen MR) is 85.0 cm³/mol. The van der Waals surface area contributed by atoms with Crippen molar-refractivity contribution in [3.8, 4) is 0 Å². The third-order valence-electron chi connectivity index (χ3n) is 4.03. The van der Waals surface area contributed by atoms with Crippen LogP contribution in [0.4, 0.5) is 14.9 Å². The lowest BCUT2D eigenvalue weighted by molar-refractivity contribution is -0.137. The number of halogens is 1. The van der Waals surface area contributed by atoms with Crippen LogP contribution in [-0.4, -0.2) is 55.2 Å². The van der Waals surface area contributed by atoms with Crippen molar-refractivity contribution in [2.75, 3.05) is 38.1 Å². The first-order chi connectivity index (χ1) is 11.0. The van der Waals surface area contributed by atoms with Gasteiger partial charge < -0.3 is 20.2 Å². The third-order valence-corrected chi connectivity index (χ3v) is 4.03. The summed E-state index contributed by atoms with van der Waals surface area (Å²) < 4.78 is 13.8. The summed E-state index contributed by atoms with van der Waals surface area (Å²) >= 11 is 0. The Morgan fingerprint density at radius 3 is 2.87 bits per heavy atom. The second-order valence-electron chi connectivity index (χ2n) is 5.80. The van der Waals surface area contributed by atoms with Crippen molar-refractivity contribution in [1.82, 2.24) is 10.2 Å². The number of hydrogen-bond donors (Lipinski definition) is 2. The average molecular weight is 323 g/mol. The lowest BCUT2D eigenvalue weighted by Gasteiger charge is -2.21. The first kappa shape index (κ1) is 17.1. The number of amides is 2. The number of urea groups is 1. The molecule has 2 N–H and O–H groups in total. The highest BCUT2D eigenvalue weighted by Gasteiger charge is 2.25. The van der Waals surface area contributed by atoms with Crippen molar-refractivity contribution in [3.05, 3.63) is 30.1 Å². The van der Waals surface area contributed by atoms with Crippen molar-refractivity contribution in [2.45, 2.75) is 12.8 Å². The molecule has 1 atom stereocenters. The van der Waals surface area contributed by atoms with Crippen molar-refractivity contribution < 1.29 is 19.1 Å². The summed E-state index contributed by atoms with van der Waals surface area (Å²) in [6.07, 6.45) is 0.807. The highest BCUT2D eigenvalue weighted by atomic mass is 19.1. The number of nitrogens with zero attached hydrogens (tertiary/aromatic N) is 2. The van der Waals surface area contributed by atoms with Gasteiger partial charge in [-0.2, -0.15) is 0 Å². The molecule has 2 amide bonds. The molecule has 1 unspecified atom stereocenters. The highest BCUT2D eigenvalue weighted by Crippen LogP contribution is 2.25. The maximum absolute atomic E-state index is 13.8. The third kappa shape index (κ3) is 4.84. The van der Waals surface area contributed by atoms with E-state index in [4.69, 9.17) is 5.11 Å². The summed E-state index contributed by atoms with van der Waals surface area (Å²) in [7, 11) is 1.57. The minimum atomic E-state index is -0.930. The second kappa shape index (κ2) is 7.80. The van der Waals surface area contributed by atoms with Crippen LogP contribution in [-0.2, 0) is 4.79 Å². The molecule has 7 heteroatoms. The summed E-state index contributed by atoms with van der Waals surface area (Å²) in [5.41, 5.74) is 0.597. The number of benzene rings is 1. The molecule has 0 aliphatic carbocycles. The Bertz CT molecular complexity index is 567. The molecule has 1 fully saturated rings. The minimum Gasteiger partial charge on any atom is -0.481 e. The van der Waals surface area contributed by atoms with Gasteiger partial charge in [0, 0.05) is 33.2 Å². The monoisotopic (exact) mass is 323 g/mol. The molecule has 1 aromatic carbocycles. The standard InChI is InChI=1S/C16H22FN3O3/c1-19(8-7-15(21)22)16(23)18-10-12-6-9-20(11-12)14-5-3-2-4-13(14)17/h2-5,12H,6-11H2,1H3,(H,18,23)(H,21,22). The Labute approximate surface area is 134 Å². The number of anilines is 1. The normalized spacial score (nSPS) is 17.1. The summed E-state index contributed by atoms with van der Waals surface area (Å²) in [5, 5.41) is 11.4. The molecule has 0 radical (unpaired) electrons. The van der Waals surface area contributed by atoms with Crippen LogP contribution in [0.1, 0.15) is 12.8 Å². The van der Waals surface area contributed by atoms with Gasteiger partial charge in [0.05, 0.1) is 12.1 Å². The van der Waals surface area contributed by atoms with Crippen molar-refractivity contribution in [3.63, 3.8) is 0 Å². The molecular weight excluding hydrogens is 301 g/mol. The predicted octanol–water partition coefficient (Wildman–Crippen LogP) is 1.77. The topological polar surface area (TPSA) is 72.9 Å². The fraction of sp³-hybridized carbons (Fsp3) is 0.500. The molecule has 1 aliphatic rings. The van der Waals surface area contributed by atoms with Gasteiger partial charge in [0.25, 0.3) is 0 Å². The number of nitrogens with one attached hydrogen (secondary N) is 1. The molecule has 2 rings (SSSR count). The molecule has 1 saturated heterocycles. The van der Waals surface area contributed by atoms with E-state index in [1.54, 1.807) is 19.2 Å². The fourth-order valence-corrected chi connectivity index (χ4v) is 2.66. The van der Waals surface area contributed by atoms with Crippen LogP contribution in [0, 0.1) is 11.7 Å². The van der Waals surface area contributed by atoms with Crippen molar-refractivity contribution in [2.24, 2.45) is 5.92 Å². The van der Waals surface area contributed by atoms with E-state index in [1.807, 2.05) is 11.0 Å². The minimum absolute atomic E-state index is 0.0750. The number of aliphatic carboxylic acids is 1. The SMILES string of the molecule is CN(CCC(=O)O)C(=O)NCC1CCN(c2ccccc2F)C1. The van der Waals surface area contributed by atoms with E-state index in [-0.39, 0.29) is 30.7 Å². The van der Waals surface area contributed by atoms with Crippen LogP contribution in [0.15, 0.2) is 24.3 Å². The van der Waals surface area contributed by atoms with Crippen LogP contribution in [0.3, 0.4) is 0 Å². The molecule has 23 heavy (non-hydrogen) atoms. The Hall–Kier alpha value is -2.31. The Morgan fingerprint density at radius 1 is 1.43 bits per heavy atom. The quantitative estimate of drug-likeness (QED) is 0.837. The second-order valence-corrected chi connectivity index (χ2v) is 5.80. The number of para-hydroxylation sites is 1. The van der Waals surface area contributed by atoms with E-state index in [0.29, 0.717) is 18.8 Å². The van der Waals surface area contributed by atoms with Crippen LogP contribution in [0.2, 0.25) is 0 Å². The molecule has 1 aromatic rings. The molecular formula is C16H22FN3O3. The van der Waals surface area contributed by atoms with E-state index in [1.165, 1.54) is 11.0 Å². The molecule has 6 nitrogen and oxygen atoms in total. The number of hydrogen-bond acceptors (Lipinski definition) is 3. The van der Waals surface area contributed by atoms with Gasteiger partial charge >= 0.3 is 12.0 Å². The smallest absolute Gasteiger partial charge is 0.317 e.